The molecule has 1 fully saturated rings. The van der Waals surface area contributed by atoms with Gasteiger partial charge in [-0.1, -0.05) is 6.07 Å². The first-order valence-corrected chi connectivity index (χ1v) is 10.7. The zero-order valence-corrected chi connectivity index (χ0v) is 17.4. The third kappa shape index (κ3) is 4.99. The third-order valence-electron chi connectivity index (χ3n) is 3.79. The number of ether oxygens (including phenoxy) is 1. The van der Waals surface area contributed by atoms with Crippen molar-refractivity contribution in [1.82, 2.24) is 5.32 Å². The van der Waals surface area contributed by atoms with Gasteiger partial charge in [0.15, 0.2) is 11.5 Å². The maximum Gasteiger partial charge on any atom is 0.339 e. The van der Waals surface area contributed by atoms with Crippen molar-refractivity contribution in [2.75, 3.05) is 12.4 Å². The van der Waals surface area contributed by atoms with Crippen LogP contribution in [0.3, 0.4) is 0 Å². The van der Waals surface area contributed by atoms with E-state index in [9.17, 15) is 22.8 Å². The van der Waals surface area contributed by atoms with Gasteiger partial charge in [0.2, 0.25) is 5.91 Å². The normalized spacial score (nSPS) is 15.1. The summed E-state index contributed by atoms with van der Waals surface area (Å²) in [4.78, 5) is 34.1. The van der Waals surface area contributed by atoms with Crippen molar-refractivity contribution in [3.8, 4) is 11.5 Å². The predicted octanol–water partition coefficient (Wildman–Crippen LogP) is 2.75. The van der Waals surface area contributed by atoms with Gasteiger partial charge >= 0.3 is 10.1 Å². The van der Waals surface area contributed by atoms with Gasteiger partial charge in [-0.3, -0.25) is 19.7 Å². The van der Waals surface area contributed by atoms with Crippen LogP contribution in [-0.2, 0) is 19.7 Å². The minimum atomic E-state index is -4.21. The number of thioether (sulfide) groups is 1. The quantitative estimate of drug-likeness (QED) is 0.510. The molecule has 0 radical (unpaired) electrons. The van der Waals surface area contributed by atoms with E-state index in [0.29, 0.717) is 11.3 Å². The lowest BCUT2D eigenvalue weighted by Gasteiger charge is -2.12. The summed E-state index contributed by atoms with van der Waals surface area (Å²) in [6, 6.07) is 9.91. The molecule has 2 aromatic rings. The van der Waals surface area contributed by atoms with E-state index in [2.05, 4.69) is 10.6 Å². The van der Waals surface area contributed by atoms with Crippen molar-refractivity contribution in [2.45, 2.75) is 11.8 Å². The average Bonchev–Trinajstić information content (AvgIpc) is 2.98. The number of rotatable bonds is 6. The van der Waals surface area contributed by atoms with Crippen LogP contribution >= 0.6 is 11.8 Å². The summed E-state index contributed by atoms with van der Waals surface area (Å²) >= 11 is 0.741. The first kappa shape index (κ1) is 21.4. The molecule has 0 aromatic heterocycles. The highest BCUT2D eigenvalue weighted by Crippen LogP contribution is 2.33. The predicted molar refractivity (Wildman–Crippen MR) is 111 cm³/mol. The van der Waals surface area contributed by atoms with Gasteiger partial charge in [-0.2, -0.15) is 8.42 Å². The molecule has 0 saturated carbocycles. The fraction of sp³-hybridized carbons (Fsp3) is 0.105. The molecule has 9 nitrogen and oxygen atoms in total. The Morgan fingerprint density at radius 2 is 1.80 bits per heavy atom. The summed E-state index contributed by atoms with van der Waals surface area (Å²) in [5, 5.41) is 4.19. The molecule has 30 heavy (non-hydrogen) atoms. The molecule has 1 aliphatic heterocycles. The smallest absolute Gasteiger partial charge is 0.339 e. The molecule has 11 heteroatoms. The number of hydrogen-bond donors (Lipinski definition) is 2. The van der Waals surface area contributed by atoms with Crippen LogP contribution in [0.2, 0.25) is 0 Å². The summed E-state index contributed by atoms with van der Waals surface area (Å²) in [5.74, 6) is -0.744. The highest BCUT2D eigenvalue weighted by molar-refractivity contribution is 8.18. The molecule has 3 rings (SSSR count). The van der Waals surface area contributed by atoms with Gasteiger partial charge in [-0.05, 0) is 59.8 Å². The standard InChI is InChI=1S/C19H16N2O7S2/c1-11(22)20-13-4-6-14(7-5-13)30(25,26)28-16-9-12(3-8-15(16)27-2)10-17-18(23)21-19(24)29-17/h3-10H,1-2H3,(H,20,22)(H,21,23,24)/b17-10-. The van der Waals surface area contributed by atoms with Gasteiger partial charge in [0, 0.05) is 12.6 Å². The minimum Gasteiger partial charge on any atom is -0.493 e. The molecular formula is C19H16N2O7S2. The number of hydrogen-bond acceptors (Lipinski definition) is 8. The Kier molecular flexibility index (Phi) is 6.13. The summed E-state index contributed by atoms with van der Waals surface area (Å²) in [6.45, 7) is 1.34. The highest BCUT2D eigenvalue weighted by Gasteiger charge is 2.25. The maximum atomic E-state index is 12.7. The Balaban J connectivity index is 1.89. The van der Waals surface area contributed by atoms with Crippen molar-refractivity contribution in [1.29, 1.82) is 0 Å². The van der Waals surface area contributed by atoms with Gasteiger partial charge in [0.05, 0.1) is 12.0 Å². The van der Waals surface area contributed by atoms with E-state index in [1.165, 1.54) is 56.5 Å². The van der Waals surface area contributed by atoms with Gasteiger partial charge in [0.25, 0.3) is 11.1 Å². The van der Waals surface area contributed by atoms with Crippen LogP contribution in [0.4, 0.5) is 10.5 Å². The molecule has 0 unspecified atom stereocenters. The van der Waals surface area contributed by atoms with Gasteiger partial charge in [-0.25, -0.2) is 0 Å². The molecule has 0 bridgehead atoms. The largest absolute Gasteiger partial charge is 0.493 e. The summed E-state index contributed by atoms with van der Waals surface area (Å²) in [5.41, 5.74) is 0.879. The third-order valence-corrected chi connectivity index (χ3v) is 5.85. The molecule has 0 aliphatic carbocycles. The number of amides is 3. The van der Waals surface area contributed by atoms with Crippen LogP contribution in [0.15, 0.2) is 52.3 Å². The van der Waals surface area contributed by atoms with E-state index in [1.807, 2.05) is 0 Å². The van der Waals surface area contributed by atoms with Crippen LogP contribution in [0, 0.1) is 0 Å². The molecule has 2 N–H and O–H groups in total. The van der Waals surface area contributed by atoms with E-state index in [0.717, 1.165) is 11.8 Å². The summed E-state index contributed by atoms with van der Waals surface area (Å²) in [7, 11) is -2.85. The number of benzene rings is 2. The van der Waals surface area contributed by atoms with Crippen molar-refractivity contribution < 1.29 is 31.7 Å². The van der Waals surface area contributed by atoms with Crippen molar-refractivity contribution in [2.24, 2.45) is 0 Å². The molecule has 0 atom stereocenters. The molecule has 3 amide bonds. The lowest BCUT2D eigenvalue weighted by atomic mass is 10.2. The van der Waals surface area contributed by atoms with Gasteiger partial charge in [-0.15, -0.1) is 0 Å². The van der Waals surface area contributed by atoms with Crippen LogP contribution in [0.1, 0.15) is 12.5 Å². The van der Waals surface area contributed by atoms with Crippen molar-refractivity contribution in [3.05, 3.63) is 52.9 Å². The summed E-state index contributed by atoms with van der Waals surface area (Å²) < 4.78 is 35.7. The van der Waals surface area contributed by atoms with E-state index in [-0.39, 0.29) is 27.2 Å². The molecule has 0 spiro atoms. The lowest BCUT2D eigenvalue weighted by molar-refractivity contribution is -0.115. The molecule has 1 aliphatic rings. The Labute approximate surface area is 176 Å². The first-order valence-electron chi connectivity index (χ1n) is 8.43. The number of methoxy groups -OCH3 is 1. The van der Waals surface area contributed by atoms with E-state index in [1.54, 1.807) is 6.07 Å². The highest BCUT2D eigenvalue weighted by atomic mass is 32.2. The van der Waals surface area contributed by atoms with Gasteiger partial charge in [0.1, 0.15) is 4.90 Å². The summed E-state index contributed by atoms with van der Waals surface area (Å²) in [6.07, 6.45) is 1.44. The van der Waals surface area contributed by atoms with Crippen LogP contribution in [0.5, 0.6) is 11.5 Å². The Hall–Kier alpha value is -3.31. The topological polar surface area (TPSA) is 128 Å². The molecule has 1 heterocycles. The van der Waals surface area contributed by atoms with Crippen molar-refractivity contribution in [3.63, 3.8) is 0 Å². The van der Waals surface area contributed by atoms with Crippen LogP contribution in [0.25, 0.3) is 6.08 Å². The van der Waals surface area contributed by atoms with E-state index < -0.39 is 21.3 Å². The van der Waals surface area contributed by atoms with E-state index in [4.69, 9.17) is 8.92 Å². The number of carbonyl (C=O) groups excluding carboxylic acids is 3. The van der Waals surface area contributed by atoms with Crippen LogP contribution < -0.4 is 19.6 Å². The number of imide groups is 1. The molecule has 1 saturated heterocycles. The number of anilines is 1. The maximum absolute atomic E-state index is 12.7. The monoisotopic (exact) mass is 448 g/mol. The zero-order valence-electron chi connectivity index (χ0n) is 15.8. The fourth-order valence-corrected chi connectivity index (χ4v) is 4.11. The number of nitrogens with one attached hydrogen (secondary N) is 2. The molecule has 156 valence electrons. The lowest BCUT2D eigenvalue weighted by Crippen LogP contribution is -2.17. The Morgan fingerprint density at radius 1 is 1.10 bits per heavy atom. The van der Waals surface area contributed by atoms with Crippen LogP contribution in [-0.4, -0.2) is 32.6 Å². The Morgan fingerprint density at radius 3 is 2.37 bits per heavy atom. The molecule has 2 aromatic carbocycles. The fourth-order valence-electron chi connectivity index (χ4n) is 2.50. The van der Waals surface area contributed by atoms with Crippen molar-refractivity contribution >= 4 is 50.7 Å². The minimum absolute atomic E-state index is 0.0903. The number of carbonyl (C=O) groups is 3. The second kappa shape index (κ2) is 8.59. The SMILES string of the molecule is COc1ccc(/C=C2\SC(=O)NC2=O)cc1OS(=O)(=O)c1ccc(NC(C)=O)cc1. The molecular weight excluding hydrogens is 432 g/mol. The van der Waals surface area contributed by atoms with Gasteiger partial charge < -0.3 is 14.2 Å². The first-order chi connectivity index (χ1) is 14.2. The van der Waals surface area contributed by atoms with E-state index >= 15 is 0 Å². The average molecular weight is 448 g/mol. The Bertz CT molecular complexity index is 1160. The zero-order chi connectivity index (χ0) is 21.9. The second-order valence-electron chi connectivity index (χ2n) is 6.01. The second-order valence-corrected chi connectivity index (χ2v) is 8.57.